The molecule has 0 unspecified atom stereocenters. The van der Waals surface area contributed by atoms with E-state index in [1.807, 2.05) is 39.8 Å². The Bertz CT molecular complexity index is 583. The van der Waals surface area contributed by atoms with Crippen LogP contribution in [0.5, 0.6) is 0 Å². The summed E-state index contributed by atoms with van der Waals surface area (Å²) in [5, 5.41) is 21.8. The van der Waals surface area contributed by atoms with Gasteiger partial charge in [0.05, 0.1) is 6.61 Å². The molecular formula is C13H17BrN4O. The van der Waals surface area contributed by atoms with Crippen molar-refractivity contribution in [3.63, 3.8) is 0 Å². The van der Waals surface area contributed by atoms with E-state index in [0.717, 1.165) is 21.2 Å². The molecule has 1 heterocycles. The van der Waals surface area contributed by atoms with E-state index in [1.165, 1.54) is 4.80 Å². The molecule has 0 amide bonds. The van der Waals surface area contributed by atoms with Gasteiger partial charge in [-0.1, -0.05) is 15.9 Å². The Balaban J connectivity index is 2.44. The molecule has 2 aromatic rings. The fraction of sp³-hybridized carbons (Fsp3) is 0.462. The SMILES string of the molecule is Cc1cc(-c2nnn(C(C)(C)CO)n2)cc(C)c1Br. The number of hydrogen-bond acceptors (Lipinski definition) is 4. The van der Waals surface area contributed by atoms with E-state index in [4.69, 9.17) is 0 Å². The summed E-state index contributed by atoms with van der Waals surface area (Å²) in [6.07, 6.45) is 0. The summed E-state index contributed by atoms with van der Waals surface area (Å²) in [6.45, 7) is 7.74. The van der Waals surface area contributed by atoms with Crippen molar-refractivity contribution in [3.05, 3.63) is 27.7 Å². The molecule has 0 bridgehead atoms. The molecule has 5 nitrogen and oxygen atoms in total. The van der Waals surface area contributed by atoms with Crippen LogP contribution in [0.2, 0.25) is 0 Å². The molecule has 102 valence electrons. The number of benzene rings is 1. The summed E-state index contributed by atoms with van der Waals surface area (Å²) in [6, 6.07) is 4.04. The first-order chi connectivity index (χ1) is 8.85. The molecule has 0 spiro atoms. The molecule has 1 aromatic heterocycles. The molecule has 0 aliphatic heterocycles. The highest BCUT2D eigenvalue weighted by atomic mass is 79.9. The Hall–Kier alpha value is -1.27. The molecule has 19 heavy (non-hydrogen) atoms. The molecule has 0 saturated heterocycles. The molecule has 2 rings (SSSR count). The molecule has 0 radical (unpaired) electrons. The van der Waals surface area contributed by atoms with Gasteiger partial charge in [0.25, 0.3) is 0 Å². The van der Waals surface area contributed by atoms with E-state index in [0.29, 0.717) is 5.82 Å². The predicted octanol–water partition coefficient (Wildman–Crippen LogP) is 2.45. The fourth-order valence-electron chi connectivity index (χ4n) is 1.72. The third-order valence-electron chi connectivity index (χ3n) is 3.04. The maximum absolute atomic E-state index is 9.32. The van der Waals surface area contributed by atoms with Crippen molar-refractivity contribution in [2.75, 3.05) is 6.61 Å². The monoisotopic (exact) mass is 324 g/mol. The molecule has 6 heteroatoms. The summed E-state index contributed by atoms with van der Waals surface area (Å²) in [4.78, 5) is 1.45. The number of hydrogen-bond donors (Lipinski definition) is 1. The lowest BCUT2D eigenvalue weighted by molar-refractivity contribution is 0.136. The van der Waals surface area contributed by atoms with Gasteiger partial charge in [-0.2, -0.15) is 4.80 Å². The van der Waals surface area contributed by atoms with Gasteiger partial charge in [0, 0.05) is 10.0 Å². The van der Waals surface area contributed by atoms with Crippen molar-refractivity contribution < 1.29 is 5.11 Å². The topological polar surface area (TPSA) is 63.8 Å². The van der Waals surface area contributed by atoms with E-state index in [-0.39, 0.29) is 6.61 Å². The standard InChI is InChI=1S/C13H17BrN4O/c1-8-5-10(6-9(2)11(8)14)12-15-17-18(16-12)13(3,4)7-19/h5-6,19H,7H2,1-4H3. The third kappa shape index (κ3) is 2.69. The van der Waals surface area contributed by atoms with Gasteiger partial charge >= 0.3 is 0 Å². The van der Waals surface area contributed by atoms with Crippen LogP contribution in [-0.2, 0) is 5.54 Å². The Labute approximate surface area is 120 Å². The second kappa shape index (κ2) is 5.02. The number of aryl methyl sites for hydroxylation is 2. The lowest BCUT2D eigenvalue weighted by Crippen LogP contribution is -2.32. The quantitative estimate of drug-likeness (QED) is 0.941. The van der Waals surface area contributed by atoms with Crippen LogP contribution in [0.1, 0.15) is 25.0 Å². The minimum absolute atomic E-state index is 0.0405. The largest absolute Gasteiger partial charge is 0.394 e. The zero-order valence-electron chi connectivity index (χ0n) is 11.5. The summed E-state index contributed by atoms with van der Waals surface area (Å²) in [5.74, 6) is 0.570. The molecule has 1 N–H and O–H groups in total. The van der Waals surface area contributed by atoms with Crippen LogP contribution in [0.25, 0.3) is 11.4 Å². The first kappa shape index (κ1) is 14.1. The van der Waals surface area contributed by atoms with Crippen LogP contribution in [0.15, 0.2) is 16.6 Å². The van der Waals surface area contributed by atoms with E-state index in [1.54, 1.807) is 0 Å². The minimum Gasteiger partial charge on any atom is -0.394 e. The lowest BCUT2D eigenvalue weighted by atomic mass is 10.1. The predicted molar refractivity (Wildman–Crippen MR) is 76.8 cm³/mol. The minimum atomic E-state index is -0.551. The van der Waals surface area contributed by atoms with Crippen LogP contribution in [0, 0.1) is 13.8 Å². The van der Waals surface area contributed by atoms with Gasteiger partial charge in [-0.15, -0.1) is 10.2 Å². The summed E-state index contributed by atoms with van der Waals surface area (Å²) >= 11 is 3.54. The highest BCUT2D eigenvalue weighted by Crippen LogP contribution is 2.26. The van der Waals surface area contributed by atoms with Gasteiger partial charge in [-0.3, -0.25) is 0 Å². The van der Waals surface area contributed by atoms with Gasteiger partial charge < -0.3 is 5.11 Å². The zero-order valence-corrected chi connectivity index (χ0v) is 13.1. The molecule has 1 aromatic carbocycles. The van der Waals surface area contributed by atoms with Gasteiger partial charge in [-0.25, -0.2) is 0 Å². The van der Waals surface area contributed by atoms with Crippen LogP contribution in [0.4, 0.5) is 0 Å². The number of halogens is 1. The molecule has 0 fully saturated rings. The average Bonchev–Trinajstić information content (AvgIpc) is 2.85. The van der Waals surface area contributed by atoms with Gasteiger partial charge in [0.2, 0.25) is 5.82 Å². The second-order valence-electron chi connectivity index (χ2n) is 5.30. The highest BCUT2D eigenvalue weighted by molar-refractivity contribution is 9.10. The Morgan fingerprint density at radius 3 is 2.37 bits per heavy atom. The molecule has 0 saturated carbocycles. The lowest BCUT2D eigenvalue weighted by Gasteiger charge is -2.18. The van der Waals surface area contributed by atoms with Crippen LogP contribution >= 0.6 is 15.9 Å². The first-order valence-electron chi connectivity index (χ1n) is 6.03. The smallest absolute Gasteiger partial charge is 0.204 e. The second-order valence-corrected chi connectivity index (χ2v) is 6.09. The fourth-order valence-corrected chi connectivity index (χ4v) is 1.95. The molecule has 0 aliphatic carbocycles. The number of aromatic nitrogens is 4. The van der Waals surface area contributed by atoms with Crippen molar-refractivity contribution in [1.82, 2.24) is 20.2 Å². The van der Waals surface area contributed by atoms with Crippen molar-refractivity contribution >= 4 is 15.9 Å². The molecule has 0 aliphatic rings. The number of aliphatic hydroxyl groups excluding tert-OH is 1. The number of tetrazole rings is 1. The molecule has 0 atom stereocenters. The third-order valence-corrected chi connectivity index (χ3v) is 4.29. The Morgan fingerprint density at radius 2 is 1.84 bits per heavy atom. The van der Waals surface area contributed by atoms with Gasteiger partial charge in [0.1, 0.15) is 5.54 Å². The first-order valence-corrected chi connectivity index (χ1v) is 6.83. The maximum atomic E-state index is 9.32. The van der Waals surface area contributed by atoms with E-state index in [2.05, 4.69) is 31.3 Å². The van der Waals surface area contributed by atoms with Gasteiger partial charge in [-0.05, 0) is 56.2 Å². The maximum Gasteiger partial charge on any atom is 0.204 e. The van der Waals surface area contributed by atoms with Crippen LogP contribution < -0.4 is 0 Å². The van der Waals surface area contributed by atoms with Crippen molar-refractivity contribution in [3.8, 4) is 11.4 Å². The number of rotatable bonds is 3. The van der Waals surface area contributed by atoms with E-state index < -0.39 is 5.54 Å². The number of nitrogens with zero attached hydrogens (tertiary/aromatic N) is 4. The van der Waals surface area contributed by atoms with Crippen LogP contribution in [0.3, 0.4) is 0 Å². The summed E-state index contributed by atoms with van der Waals surface area (Å²) < 4.78 is 1.10. The average molecular weight is 325 g/mol. The van der Waals surface area contributed by atoms with Crippen molar-refractivity contribution in [1.29, 1.82) is 0 Å². The van der Waals surface area contributed by atoms with E-state index in [9.17, 15) is 5.11 Å². The van der Waals surface area contributed by atoms with E-state index >= 15 is 0 Å². The Kier molecular flexibility index (Phi) is 3.73. The number of aliphatic hydroxyl groups is 1. The molecular weight excluding hydrogens is 308 g/mol. The summed E-state index contributed by atoms with van der Waals surface area (Å²) in [5.41, 5.74) is 2.64. The normalized spacial score (nSPS) is 11.9. The highest BCUT2D eigenvalue weighted by Gasteiger charge is 2.23. The zero-order chi connectivity index (χ0) is 14.2. The van der Waals surface area contributed by atoms with Crippen molar-refractivity contribution in [2.24, 2.45) is 0 Å². The van der Waals surface area contributed by atoms with Gasteiger partial charge in [0.15, 0.2) is 0 Å². The Morgan fingerprint density at radius 1 is 1.26 bits per heavy atom. The summed E-state index contributed by atoms with van der Waals surface area (Å²) in [7, 11) is 0. The van der Waals surface area contributed by atoms with Crippen LogP contribution in [-0.4, -0.2) is 31.9 Å². The van der Waals surface area contributed by atoms with Crippen molar-refractivity contribution in [2.45, 2.75) is 33.2 Å².